The first-order valence-corrected chi connectivity index (χ1v) is 11.3. The van der Waals surface area contributed by atoms with Gasteiger partial charge in [0.2, 0.25) is 11.8 Å². The Morgan fingerprint density at radius 1 is 1.03 bits per heavy atom. The molecular weight excluding hydrogens is 511 g/mol. The van der Waals surface area contributed by atoms with Crippen molar-refractivity contribution in [2.75, 3.05) is 10.6 Å². The van der Waals surface area contributed by atoms with E-state index in [1.165, 1.54) is 19.2 Å². The topological polar surface area (TPSA) is 101 Å². The van der Waals surface area contributed by atoms with E-state index in [1.807, 2.05) is 0 Å². The molecule has 0 fully saturated rings. The molecule has 1 aliphatic rings. The summed E-state index contributed by atoms with van der Waals surface area (Å²) in [6, 6.07) is 11.5. The van der Waals surface area contributed by atoms with Crippen molar-refractivity contribution < 1.29 is 32.6 Å². The lowest BCUT2D eigenvalue weighted by Crippen LogP contribution is -2.39. The largest absolute Gasteiger partial charge is 0.457 e. The Bertz CT molecular complexity index is 1320. The molecule has 7 nitrogen and oxygen atoms in total. The van der Waals surface area contributed by atoms with Crippen LogP contribution in [0, 0.1) is 5.92 Å². The van der Waals surface area contributed by atoms with Crippen molar-refractivity contribution in [1.82, 2.24) is 4.98 Å². The molecule has 2 amide bonds. The van der Waals surface area contributed by atoms with Gasteiger partial charge in [-0.05, 0) is 60.4 Å². The van der Waals surface area contributed by atoms with Gasteiger partial charge in [0, 0.05) is 24.9 Å². The molecule has 1 aromatic heterocycles. The third-order valence-electron chi connectivity index (χ3n) is 5.66. The van der Waals surface area contributed by atoms with Gasteiger partial charge >= 0.3 is 6.18 Å². The van der Waals surface area contributed by atoms with E-state index in [0.29, 0.717) is 17.3 Å². The number of hydrogen-bond acceptors (Lipinski definition) is 5. The summed E-state index contributed by atoms with van der Waals surface area (Å²) >= 11 is 5.64. The maximum atomic E-state index is 13.1. The standard InChI is InChI=1S/C25H21ClF3N3O4.CH4/c1-13(33)31-23-12-18(6-7-30-23)36-17-4-2-14-10-22(34)19(9-15(14)8-17)24(35)32-16-3-5-21(26)20(11-16)25(27,28)29;/h2-8,11-12,19,22,34H,9-10H2,1H3,(H,32,35)(H,30,31,33);1H4. The average molecular weight is 536 g/mol. The number of carbonyl (C=O) groups excluding carboxylic acids is 2. The van der Waals surface area contributed by atoms with Crippen LogP contribution in [0.4, 0.5) is 24.7 Å². The lowest BCUT2D eigenvalue weighted by atomic mass is 9.81. The number of alkyl halides is 3. The molecule has 0 saturated carbocycles. The summed E-state index contributed by atoms with van der Waals surface area (Å²) < 4.78 is 45.3. The number of ether oxygens (including phenoxy) is 1. The summed E-state index contributed by atoms with van der Waals surface area (Å²) in [5, 5.41) is 15.1. The molecule has 196 valence electrons. The summed E-state index contributed by atoms with van der Waals surface area (Å²) in [5.74, 6) is -0.536. The van der Waals surface area contributed by atoms with Gasteiger partial charge in [-0.25, -0.2) is 4.98 Å². The Kier molecular flexibility index (Phi) is 8.45. The summed E-state index contributed by atoms with van der Waals surface area (Å²) in [6.07, 6.45) is -3.85. The van der Waals surface area contributed by atoms with Crippen molar-refractivity contribution in [2.45, 2.75) is 39.5 Å². The minimum absolute atomic E-state index is 0. The van der Waals surface area contributed by atoms with Crippen LogP contribution in [0.3, 0.4) is 0 Å². The molecule has 3 N–H and O–H groups in total. The lowest BCUT2D eigenvalue weighted by molar-refractivity contribution is -0.137. The van der Waals surface area contributed by atoms with Crippen molar-refractivity contribution in [1.29, 1.82) is 0 Å². The highest BCUT2D eigenvalue weighted by molar-refractivity contribution is 6.31. The molecule has 1 aliphatic carbocycles. The molecule has 37 heavy (non-hydrogen) atoms. The van der Waals surface area contributed by atoms with Crippen LogP contribution in [0.5, 0.6) is 11.5 Å². The molecule has 4 rings (SSSR count). The first-order chi connectivity index (χ1) is 17.0. The van der Waals surface area contributed by atoms with E-state index in [-0.39, 0.29) is 31.9 Å². The number of halogens is 4. The number of aliphatic hydroxyl groups excluding tert-OH is 1. The highest BCUT2D eigenvalue weighted by Crippen LogP contribution is 2.37. The third-order valence-corrected chi connectivity index (χ3v) is 5.99. The van der Waals surface area contributed by atoms with Gasteiger partial charge in [0.25, 0.3) is 0 Å². The fourth-order valence-corrected chi connectivity index (χ4v) is 4.20. The van der Waals surface area contributed by atoms with E-state index < -0.39 is 34.7 Å². The van der Waals surface area contributed by atoms with E-state index in [9.17, 15) is 27.9 Å². The van der Waals surface area contributed by atoms with Crippen LogP contribution in [0.15, 0.2) is 54.7 Å². The third kappa shape index (κ3) is 6.78. The average Bonchev–Trinajstić information content (AvgIpc) is 2.79. The number of aliphatic hydroxyl groups is 1. The van der Waals surface area contributed by atoms with Crippen LogP contribution in [0.1, 0.15) is 31.0 Å². The molecule has 2 aromatic carbocycles. The number of rotatable bonds is 5. The number of hydrogen-bond donors (Lipinski definition) is 3. The highest BCUT2D eigenvalue weighted by atomic mass is 35.5. The SMILES string of the molecule is C.CC(=O)Nc1cc(Oc2ccc3c(c2)CC(C(=O)Nc2ccc(Cl)c(C(F)(F)F)c2)C(O)C3)ccn1. The minimum Gasteiger partial charge on any atom is -0.457 e. The summed E-state index contributed by atoms with van der Waals surface area (Å²) in [7, 11) is 0. The molecule has 0 bridgehead atoms. The highest BCUT2D eigenvalue weighted by Gasteiger charge is 2.35. The van der Waals surface area contributed by atoms with Crippen LogP contribution in [-0.4, -0.2) is 28.0 Å². The van der Waals surface area contributed by atoms with Gasteiger partial charge < -0.3 is 20.5 Å². The second-order valence-electron chi connectivity index (χ2n) is 8.35. The smallest absolute Gasteiger partial charge is 0.417 e. The van der Waals surface area contributed by atoms with Gasteiger partial charge in [-0.2, -0.15) is 13.2 Å². The number of amides is 2. The monoisotopic (exact) mass is 535 g/mol. The number of carbonyl (C=O) groups is 2. The van der Waals surface area contributed by atoms with Crippen molar-refractivity contribution in [3.63, 3.8) is 0 Å². The van der Waals surface area contributed by atoms with E-state index in [2.05, 4.69) is 15.6 Å². The van der Waals surface area contributed by atoms with Crippen LogP contribution >= 0.6 is 11.6 Å². The zero-order chi connectivity index (χ0) is 26.0. The minimum atomic E-state index is -4.67. The van der Waals surface area contributed by atoms with E-state index >= 15 is 0 Å². The van der Waals surface area contributed by atoms with Crippen LogP contribution in [0.2, 0.25) is 5.02 Å². The predicted octanol–water partition coefficient (Wildman–Crippen LogP) is 5.86. The molecule has 2 unspecified atom stereocenters. The van der Waals surface area contributed by atoms with Crippen LogP contribution in [-0.2, 0) is 28.6 Å². The molecule has 1 heterocycles. The second kappa shape index (κ2) is 11.2. The first-order valence-electron chi connectivity index (χ1n) is 10.9. The molecular formula is C26H25ClF3N3O4. The summed E-state index contributed by atoms with van der Waals surface area (Å²) in [5.41, 5.74) is 0.468. The van der Waals surface area contributed by atoms with Gasteiger partial charge in [-0.15, -0.1) is 0 Å². The van der Waals surface area contributed by atoms with Crippen LogP contribution in [0.25, 0.3) is 0 Å². The fraction of sp³-hybridized carbons (Fsp3) is 0.269. The Hall–Kier alpha value is -3.63. The van der Waals surface area contributed by atoms with Gasteiger partial charge in [-0.3, -0.25) is 9.59 Å². The van der Waals surface area contributed by atoms with Crippen LogP contribution < -0.4 is 15.4 Å². The summed E-state index contributed by atoms with van der Waals surface area (Å²) in [6.45, 7) is 1.36. The number of fused-ring (bicyclic) bond motifs is 1. The number of nitrogens with zero attached hydrogens (tertiary/aromatic N) is 1. The Balaban J connectivity index is 0.00000380. The molecule has 11 heteroatoms. The molecule has 0 aliphatic heterocycles. The summed E-state index contributed by atoms with van der Waals surface area (Å²) in [4.78, 5) is 28.2. The lowest BCUT2D eigenvalue weighted by Gasteiger charge is -2.29. The number of pyridine rings is 1. The Morgan fingerprint density at radius 2 is 1.76 bits per heavy atom. The number of nitrogens with one attached hydrogen (secondary N) is 2. The molecule has 0 radical (unpaired) electrons. The molecule has 3 aromatic rings. The Morgan fingerprint density at radius 3 is 2.46 bits per heavy atom. The Labute approximate surface area is 216 Å². The van der Waals surface area contributed by atoms with Crippen molar-refractivity contribution in [3.8, 4) is 11.5 Å². The quantitative estimate of drug-likeness (QED) is 0.380. The number of anilines is 2. The zero-order valence-corrected chi connectivity index (χ0v) is 19.7. The van der Waals surface area contributed by atoms with Gasteiger partial charge in [-0.1, -0.05) is 25.1 Å². The van der Waals surface area contributed by atoms with Gasteiger partial charge in [0.15, 0.2) is 0 Å². The molecule has 0 spiro atoms. The van der Waals surface area contributed by atoms with Gasteiger partial charge in [0.05, 0.1) is 22.6 Å². The van der Waals surface area contributed by atoms with E-state index in [4.69, 9.17) is 16.3 Å². The van der Waals surface area contributed by atoms with Crippen molar-refractivity contribution in [2.24, 2.45) is 5.92 Å². The van der Waals surface area contributed by atoms with E-state index in [1.54, 1.807) is 30.3 Å². The fourth-order valence-electron chi connectivity index (χ4n) is 3.98. The first kappa shape index (κ1) is 27.9. The van der Waals surface area contributed by atoms with E-state index in [0.717, 1.165) is 23.3 Å². The van der Waals surface area contributed by atoms with Crippen molar-refractivity contribution in [3.05, 3.63) is 76.4 Å². The normalized spacial score (nSPS) is 16.7. The molecule has 0 saturated heterocycles. The zero-order valence-electron chi connectivity index (χ0n) is 18.9. The second-order valence-corrected chi connectivity index (χ2v) is 8.76. The number of benzene rings is 2. The molecule has 2 atom stereocenters. The maximum absolute atomic E-state index is 13.1. The van der Waals surface area contributed by atoms with Crippen molar-refractivity contribution >= 4 is 34.9 Å². The predicted molar refractivity (Wildman–Crippen MR) is 134 cm³/mol. The van der Waals surface area contributed by atoms with Gasteiger partial charge in [0.1, 0.15) is 17.3 Å². The number of aromatic nitrogens is 1. The maximum Gasteiger partial charge on any atom is 0.417 e.